The molecule has 1 fully saturated rings. The number of Topliss-reactive ketones (excluding diaryl/α,β-unsaturated/α-hetero) is 1. The molecule has 0 aromatic heterocycles. The second kappa shape index (κ2) is 5.06. The Morgan fingerprint density at radius 1 is 1.26 bits per heavy atom. The first-order chi connectivity index (χ1) is 8.86. The molecule has 5 heteroatoms. The molecule has 1 aliphatic rings. The van der Waals surface area contributed by atoms with Gasteiger partial charge in [-0.25, -0.2) is 8.42 Å². The fraction of sp³-hybridized carbons (Fsp3) is 0.500. The minimum absolute atomic E-state index is 0.0435. The van der Waals surface area contributed by atoms with Crippen LogP contribution in [0.15, 0.2) is 24.3 Å². The van der Waals surface area contributed by atoms with Crippen LogP contribution in [0.5, 0.6) is 0 Å². The summed E-state index contributed by atoms with van der Waals surface area (Å²) in [6, 6.07) is 7.36. The molecule has 0 radical (unpaired) electrons. The summed E-state index contributed by atoms with van der Waals surface area (Å²) in [5, 5.41) is 2.83. The lowest BCUT2D eigenvalue weighted by Crippen LogP contribution is -2.21. The molecule has 0 heterocycles. The number of hydrogen-bond acceptors (Lipinski definition) is 4. The smallest absolute Gasteiger partial charge is 0.176 e. The Kier molecular flexibility index (Phi) is 3.78. The van der Waals surface area contributed by atoms with Crippen LogP contribution in [-0.4, -0.2) is 39.8 Å². The van der Waals surface area contributed by atoms with Crippen LogP contribution < -0.4 is 5.32 Å². The largest absolute Gasteiger partial charge is 0.313 e. The van der Waals surface area contributed by atoms with Crippen LogP contribution in [0, 0.1) is 0 Å². The maximum absolute atomic E-state index is 11.7. The van der Waals surface area contributed by atoms with Gasteiger partial charge < -0.3 is 5.32 Å². The van der Waals surface area contributed by atoms with E-state index in [-0.39, 0.29) is 17.0 Å². The number of rotatable bonds is 6. The SMILES string of the molecule is CNCC(=O)c1ccc(C2(CS(C)(=O)=O)CC2)cc1. The highest BCUT2D eigenvalue weighted by molar-refractivity contribution is 7.90. The van der Waals surface area contributed by atoms with E-state index >= 15 is 0 Å². The van der Waals surface area contributed by atoms with Crippen LogP contribution in [0.25, 0.3) is 0 Å². The highest BCUT2D eigenvalue weighted by Crippen LogP contribution is 2.49. The van der Waals surface area contributed by atoms with E-state index in [2.05, 4.69) is 5.32 Å². The van der Waals surface area contributed by atoms with E-state index in [1.54, 1.807) is 19.2 Å². The highest BCUT2D eigenvalue weighted by atomic mass is 32.2. The third-order valence-electron chi connectivity index (χ3n) is 3.55. The average Bonchev–Trinajstić information content (AvgIpc) is 3.08. The zero-order valence-corrected chi connectivity index (χ0v) is 12.1. The summed E-state index contributed by atoms with van der Waals surface area (Å²) in [5.41, 5.74) is 1.48. The Morgan fingerprint density at radius 3 is 2.26 bits per heavy atom. The van der Waals surface area contributed by atoms with Gasteiger partial charge in [0, 0.05) is 17.2 Å². The second-order valence-corrected chi connectivity index (χ2v) is 7.52. The van der Waals surface area contributed by atoms with Gasteiger partial charge in [-0.3, -0.25) is 4.79 Å². The molecule has 0 unspecified atom stereocenters. The monoisotopic (exact) mass is 281 g/mol. The van der Waals surface area contributed by atoms with Gasteiger partial charge in [-0.2, -0.15) is 0 Å². The van der Waals surface area contributed by atoms with Gasteiger partial charge in [-0.1, -0.05) is 24.3 Å². The van der Waals surface area contributed by atoms with E-state index in [0.29, 0.717) is 12.1 Å². The van der Waals surface area contributed by atoms with Crippen molar-refractivity contribution in [2.24, 2.45) is 0 Å². The van der Waals surface area contributed by atoms with Gasteiger partial charge in [-0.15, -0.1) is 0 Å². The number of sulfone groups is 1. The van der Waals surface area contributed by atoms with Gasteiger partial charge in [0.25, 0.3) is 0 Å². The average molecular weight is 281 g/mol. The summed E-state index contributed by atoms with van der Waals surface area (Å²) in [6.45, 7) is 0.313. The Morgan fingerprint density at radius 2 is 1.84 bits per heavy atom. The molecule has 19 heavy (non-hydrogen) atoms. The van der Waals surface area contributed by atoms with Gasteiger partial charge >= 0.3 is 0 Å². The Labute approximate surface area is 114 Å². The van der Waals surface area contributed by atoms with E-state index in [1.807, 2.05) is 12.1 Å². The molecular formula is C14H19NO3S. The molecule has 1 saturated carbocycles. The van der Waals surface area contributed by atoms with Crippen molar-refractivity contribution < 1.29 is 13.2 Å². The van der Waals surface area contributed by atoms with Crippen molar-refractivity contribution in [1.29, 1.82) is 0 Å². The fourth-order valence-electron chi connectivity index (χ4n) is 2.44. The van der Waals surface area contributed by atoms with E-state index in [1.165, 1.54) is 6.26 Å². The molecule has 0 atom stereocenters. The first-order valence-electron chi connectivity index (χ1n) is 6.32. The van der Waals surface area contributed by atoms with E-state index in [4.69, 9.17) is 0 Å². The lowest BCUT2D eigenvalue weighted by molar-refractivity contribution is 0.0993. The minimum Gasteiger partial charge on any atom is -0.313 e. The highest BCUT2D eigenvalue weighted by Gasteiger charge is 2.46. The van der Waals surface area contributed by atoms with Gasteiger partial charge in [0.1, 0.15) is 9.84 Å². The Balaban J connectivity index is 2.17. The van der Waals surface area contributed by atoms with Crippen molar-refractivity contribution in [2.45, 2.75) is 18.3 Å². The predicted octanol–water partition coefficient (Wildman–Crippen LogP) is 1.16. The van der Waals surface area contributed by atoms with Crippen LogP contribution in [0.2, 0.25) is 0 Å². The van der Waals surface area contributed by atoms with Crippen LogP contribution in [0.1, 0.15) is 28.8 Å². The minimum atomic E-state index is -2.98. The third kappa shape index (κ3) is 3.42. The standard InChI is InChI=1S/C14H19NO3S/c1-15-9-13(16)11-3-5-12(6-4-11)14(7-8-14)10-19(2,17)18/h3-6,15H,7-10H2,1-2H3. The molecule has 0 amide bonds. The zero-order valence-electron chi connectivity index (χ0n) is 11.3. The zero-order chi connectivity index (χ0) is 14.1. The van der Waals surface area contributed by atoms with Crippen molar-refractivity contribution in [1.82, 2.24) is 5.32 Å². The summed E-state index contributed by atoms with van der Waals surface area (Å²) in [6.07, 6.45) is 3.09. The second-order valence-electron chi connectivity index (χ2n) is 5.38. The van der Waals surface area contributed by atoms with Crippen molar-refractivity contribution in [3.8, 4) is 0 Å². The Hall–Kier alpha value is -1.20. The fourth-order valence-corrected chi connectivity index (χ4v) is 3.90. The molecule has 0 bridgehead atoms. The van der Waals surface area contributed by atoms with E-state index in [0.717, 1.165) is 18.4 Å². The summed E-state index contributed by atoms with van der Waals surface area (Å²) in [5.74, 6) is 0.242. The topological polar surface area (TPSA) is 63.2 Å². The first kappa shape index (κ1) is 14.2. The number of benzene rings is 1. The maximum atomic E-state index is 11.7. The number of likely N-dealkylation sites (N-methyl/N-ethyl adjacent to an activating group) is 1. The molecule has 1 aliphatic carbocycles. The first-order valence-corrected chi connectivity index (χ1v) is 8.38. The quantitative estimate of drug-likeness (QED) is 0.795. The molecular weight excluding hydrogens is 262 g/mol. The molecule has 0 aliphatic heterocycles. The number of ketones is 1. The Bertz CT molecular complexity index is 571. The molecule has 104 valence electrons. The molecule has 4 nitrogen and oxygen atoms in total. The van der Waals surface area contributed by atoms with Gasteiger partial charge in [0.15, 0.2) is 5.78 Å². The predicted molar refractivity (Wildman–Crippen MR) is 75.3 cm³/mol. The summed E-state index contributed by atoms with van der Waals surface area (Å²) in [4.78, 5) is 11.7. The van der Waals surface area contributed by atoms with E-state index in [9.17, 15) is 13.2 Å². The molecule has 0 spiro atoms. The molecule has 1 aromatic carbocycles. The number of carbonyl (C=O) groups excluding carboxylic acids is 1. The van der Waals surface area contributed by atoms with Gasteiger partial charge in [0.05, 0.1) is 12.3 Å². The van der Waals surface area contributed by atoms with Gasteiger partial charge in [0.2, 0.25) is 0 Å². The van der Waals surface area contributed by atoms with Crippen molar-refractivity contribution in [2.75, 3.05) is 25.6 Å². The summed E-state index contributed by atoms with van der Waals surface area (Å²) in [7, 11) is -1.25. The summed E-state index contributed by atoms with van der Waals surface area (Å²) >= 11 is 0. The number of carbonyl (C=O) groups is 1. The number of nitrogens with one attached hydrogen (secondary N) is 1. The molecule has 1 N–H and O–H groups in total. The van der Waals surface area contributed by atoms with Crippen molar-refractivity contribution in [3.05, 3.63) is 35.4 Å². The van der Waals surface area contributed by atoms with Crippen LogP contribution >= 0.6 is 0 Å². The molecule has 1 aromatic rings. The summed E-state index contributed by atoms with van der Waals surface area (Å²) < 4.78 is 22.9. The lowest BCUT2D eigenvalue weighted by atomic mass is 9.96. The molecule has 0 saturated heterocycles. The van der Waals surface area contributed by atoms with Crippen LogP contribution in [0.4, 0.5) is 0 Å². The normalized spacial score (nSPS) is 17.2. The maximum Gasteiger partial charge on any atom is 0.176 e. The third-order valence-corrected chi connectivity index (χ3v) is 4.63. The van der Waals surface area contributed by atoms with Crippen LogP contribution in [-0.2, 0) is 15.3 Å². The van der Waals surface area contributed by atoms with Gasteiger partial charge in [-0.05, 0) is 25.5 Å². The molecule has 2 rings (SSSR count). The number of hydrogen-bond donors (Lipinski definition) is 1. The van der Waals surface area contributed by atoms with Crippen LogP contribution in [0.3, 0.4) is 0 Å². The van der Waals surface area contributed by atoms with Crippen molar-refractivity contribution in [3.63, 3.8) is 0 Å². The lowest BCUT2D eigenvalue weighted by Gasteiger charge is -2.14. The van der Waals surface area contributed by atoms with Crippen molar-refractivity contribution >= 4 is 15.6 Å². The van der Waals surface area contributed by atoms with E-state index < -0.39 is 9.84 Å².